The number of urea groups is 1. The van der Waals surface area contributed by atoms with E-state index >= 15 is 0 Å². The molecule has 2 aromatic carbocycles. The quantitative estimate of drug-likeness (QED) is 0.458. The lowest BCUT2D eigenvalue weighted by molar-refractivity contribution is -0.129. The Morgan fingerprint density at radius 1 is 1.15 bits per heavy atom. The topological polar surface area (TPSA) is 94.6 Å². The van der Waals surface area contributed by atoms with Crippen LogP contribution in [0.1, 0.15) is 30.0 Å². The van der Waals surface area contributed by atoms with Gasteiger partial charge in [0.05, 0.1) is 17.4 Å². The van der Waals surface area contributed by atoms with Crippen molar-refractivity contribution in [2.24, 2.45) is 0 Å². The molecule has 1 aromatic heterocycles. The van der Waals surface area contributed by atoms with Crippen molar-refractivity contribution in [2.45, 2.75) is 42.1 Å². The zero-order valence-corrected chi connectivity index (χ0v) is 22.4. The van der Waals surface area contributed by atoms with Gasteiger partial charge in [0.25, 0.3) is 0 Å². The fourth-order valence-corrected chi connectivity index (χ4v) is 6.80. The summed E-state index contributed by atoms with van der Waals surface area (Å²) >= 11 is 1.37. The van der Waals surface area contributed by atoms with Gasteiger partial charge in [-0.05, 0) is 55.2 Å². The van der Waals surface area contributed by atoms with E-state index in [0.717, 1.165) is 45.9 Å². The van der Waals surface area contributed by atoms with Crippen molar-refractivity contribution in [1.82, 2.24) is 20.5 Å². The molecule has 6 rings (SSSR count). The fourth-order valence-electron chi connectivity index (χ4n) is 5.56. The van der Waals surface area contributed by atoms with Crippen LogP contribution in [0.4, 0.5) is 16.2 Å². The SMILES string of the molecule is C=CC(=O)N1CCCC(NC(=O)[C@@H]2Sc3nccc4c3C2NC(=O)N4c2cccc(-c3ccc(C)cc3)c2)C1. The molecule has 0 aliphatic carbocycles. The third-order valence-corrected chi connectivity index (χ3v) is 8.80. The molecule has 198 valence electrons. The van der Waals surface area contributed by atoms with Crippen LogP contribution >= 0.6 is 11.8 Å². The lowest BCUT2D eigenvalue weighted by Crippen LogP contribution is -2.53. The molecule has 1 fully saturated rings. The van der Waals surface area contributed by atoms with Crippen LogP contribution in [0, 0.1) is 6.92 Å². The number of carbonyl (C=O) groups excluding carboxylic acids is 3. The minimum absolute atomic E-state index is 0.128. The Kier molecular flexibility index (Phi) is 6.60. The van der Waals surface area contributed by atoms with Crippen LogP contribution in [0.25, 0.3) is 11.1 Å². The van der Waals surface area contributed by atoms with Crippen LogP contribution in [0.5, 0.6) is 0 Å². The van der Waals surface area contributed by atoms with Gasteiger partial charge < -0.3 is 15.5 Å². The molecule has 0 spiro atoms. The van der Waals surface area contributed by atoms with E-state index in [-0.39, 0.29) is 23.9 Å². The molecular formula is C30H29N5O3S. The van der Waals surface area contributed by atoms with E-state index in [1.54, 1.807) is 16.0 Å². The number of aryl methyl sites for hydroxylation is 1. The fraction of sp³-hybridized carbons (Fsp3) is 0.267. The number of likely N-dealkylation sites (tertiary alicyclic amines) is 1. The van der Waals surface area contributed by atoms with Crippen LogP contribution in [0.15, 0.2) is 78.5 Å². The first kappa shape index (κ1) is 25.2. The van der Waals surface area contributed by atoms with Crippen LogP contribution in [-0.4, -0.2) is 52.1 Å². The minimum atomic E-state index is -0.552. The van der Waals surface area contributed by atoms with E-state index in [1.165, 1.54) is 23.4 Å². The Hall–Kier alpha value is -4.11. The van der Waals surface area contributed by atoms with Crippen molar-refractivity contribution in [3.05, 3.63) is 84.6 Å². The van der Waals surface area contributed by atoms with Gasteiger partial charge in [-0.25, -0.2) is 9.78 Å². The molecule has 0 bridgehead atoms. The summed E-state index contributed by atoms with van der Waals surface area (Å²) in [6.45, 7) is 6.73. The van der Waals surface area contributed by atoms with Crippen LogP contribution in [0.2, 0.25) is 0 Å². The molecule has 1 saturated heterocycles. The lowest BCUT2D eigenvalue weighted by atomic mass is 9.98. The number of hydrogen-bond donors (Lipinski definition) is 2. The molecule has 0 saturated carbocycles. The van der Waals surface area contributed by atoms with E-state index in [1.807, 2.05) is 30.3 Å². The summed E-state index contributed by atoms with van der Waals surface area (Å²) in [5.41, 5.74) is 5.60. The highest BCUT2D eigenvalue weighted by molar-refractivity contribution is 8.01. The summed E-state index contributed by atoms with van der Waals surface area (Å²) in [5.74, 6) is -0.293. The summed E-state index contributed by atoms with van der Waals surface area (Å²) in [5, 5.41) is 6.39. The van der Waals surface area contributed by atoms with Crippen molar-refractivity contribution in [1.29, 1.82) is 0 Å². The van der Waals surface area contributed by atoms with E-state index in [0.29, 0.717) is 13.1 Å². The van der Waals surface area contributed by atoms with Crippen LogP contribution in [-0.2, 0) is 9.59 Å². The number of thioether (sulfide) groups is 1. The normalized spacial score (nSPS) is 21.7. The average Bonchev–Trinajstić information content (AvgIpc) is 3.33. The summed E-state index contributed by atoms with van der Waals surface area (Å²) in [6, 6.07) is 17.1. The number of hydrogen-bond acceptors (Lipinski definition) is 5. The van der Waals surface area contributed by atoms with Gasteiger partial charge in [0.2, 0.25) is 11.8 Å². The van der Waals surface area contributed by atoms with Gasteiger partial charge >= 0.3 is 6.03 Å². The number of rotatable bonds is 5. The molecule has 9 heteroatoms. The maximum atomic E-state index is 13.6. The van der Waals surface area contributed by atoms with Crippen LogP contribution < -0.4 is 15.5 Å². The number of piperidine rings is 1. The number of anilines is 2. The summed E-state index contributed by atoms with van der Waals surface area (Å²) in [6.07, 6.45) is 4.60. The molecule has 39 heavy (non-hydrogen) atoms. The number of nitrogens with zero attached hydrogens (tertiary/aromatic N) is 3. The molecule has 4 heterocycles. The van der Waals surface area contributed by atoms with Crippen molar-refractivity contribution < 1.29 is 14.4 Å². The predicted octanol–water partition coefficient (Wildman–Crippen LogP) is 4.73. The molecule has 3 atom stereocenters. The maximum absolute atomic E-state index is 13.6. The van der Waals surface area contributed by atoms with Crippen molar-refractivity contribution >= 4 is 41.0 Å². The smallest absolute Gasteiger partial charge is 0.327 e. The van der Waals surface area contributed by atoms with E-state index in [2.05, 4.69) is 53.4 Å². The number of aromatic nitrogens is 1. The molecule has 2 N–H and O–H groups in total. The maximum Gasteiger partial charge on any atom is 0.327 e. The third kappa shape index (κ3) is 4.67. The molecule has 2 unspecified atom stereocenters. The summed E-state index contributed by atoms with van der Waals surface area (Å²) < 4.78 is 0. The van der Waals surface area contributed by atoms with Gasteiger partial charge in [0.1, 0.15) is 10.3 Å². The van der Waals surface area contributed by atoms with E-state index in [9.17, 15) is 14.4 Å². The standard InChI is InChI=1S/C30H29N5O3S/c1-3-24(36)34-15-5-7-21(17-34)32-28(37)27-26-25-23(13-14-31-29(25)39-27)35(30(38)33-26)22-8-4-6-20(16-22)19-11-9-18(2)10-12-19/h3-4,6,8-14,16,21,26-27H,1,5,7,15,17H2,2H3,(H,32,37)(H,33,38)/t21?,26?,27-/m1/s1. The first-order chi connectivity index (χ1) is 18.9. The van der Waals surface area contributed by atoms with Gasteiger partial charge in [0, 0.05) is 30.9 Å². The highest BCUT2D eigenvalue weighted by atomic mass is 32.2. The second-order valence-electron chi connectivity index (χ2n) is 10.1. The van der Waals surface area contributed by atoms with Crippen LogP contribution in [0.3, 0.4) is 0 Å². The Labute approximate surface area is 231 Å². The molecule has 3 aliphatic rings. The summed E-state index contributed by atoms with van der Waals surface area (Å²) in [4.78, 5) is 47.0. The number of nitrogens with one attached hydrogen (secondary N) is 2. The number of amides is 4. The lowest BCUT2D eigenvalue weighted by Gasteiger charge is -2.35. The second-order valence-corrected chi connectivity index (χ2v) is 11.2. The molecule has 3 aromatic rings. The largest absolute Gasteiger partial charge is 0.351 e. The van der Waals surface area contributed by atoms with E-state index in [4.69, 9.17) is 0 Å². The van der Waals surface area contributed by atoms with Gasteiger partial charge in [-0.2, -0.15) is 0 Å². The Bertz CT molecular complexity index is 1470. The second kappa shape index (κ2) is 10.2. The first-order valence-corrected chi connectivity index (χ1v) is 14.0. The zero-order chi connectivity index (χ0) is 27.1. The Morgan fingerprint density at radius 3 is 2.77 bits per heavy atom. The number of pyridine rings is 1. The van der Waals surface area contributed by atoms with E-state index < -0.39 is 11.3 Å². The minimum Gasteiger partial charge on any atom is -0.351 e. The first-order valence-electron chi connectivity index (χ1n) is 13.1. The monoisotopic (exact) mass is 539 g/mol. The number of benzene rings is 2. The van der Waals surface area contributed by atoms with Crippen molar-refractivity contribution in [3.63, 3.8) is 0 Å². The number of carbonyl (C=O) groups is 3. The summed E-state index contributed by atoms with van der Waals surface area (Å²) in [7, 11) is 0. The van der Waals surface area contributed by atoms with Gasteiger partial charge in [-0.3, -0.25) is 14.5 Å². The highest BCUT2D eigenvalue weighted by Crippen LogP contribution is 2.50. The molecule has 0 radical (unpaired) electrons. The molecule has 4 amide bonds. The van der Waals surface area contributed by atoms with Gasteiger partial charge in [-0.15, -0.1) is 0 Å². The zero-order valence-electron chi connectivity index (χ0n) is 21.6. The van der Waals surface area contributed by atoms with Gasteiger partial charge in [-0.1, -0.05) is 60.3 Å². The molecular weight excluding hydrogens is 510 g/mol. The Morgan fingerprint density at radius 2 is 1.97 bits per heavy atom. The average molecular weight is 540 g/mol. The Balaban J connectivity index is 1.26. The van der Waals surface area contributed by atoms with Crippen molar-refractivity contribution in [3.8, 4) is 11.1 Å². The van der Waals surface area contributed by atoms with Gasteiger partial charge in [0.15, 0.2) is 0 Å². The predicted molar refractivity (Wildman–Crippen MR) is 152 cm³/mol. The highest BCUT2D eigenvalue weighted by Gasteiger charge is 2.47. The molecule has 8 nitrogen and oxygen atoms in total. The third-order valence-electron chi connectivity index (χ3n) is 7.51. The van der Waals surface area contributed by atoms with Crippen molar-refractivity contribution in [2.75, 3.05) is 18.0 Å². The molecule has 3 aliphatic heterocycles.